The zero-order chi connectivity index (χ0) is 31.6. The normalized spacial score (nSPS) is 22.7. The van der Waals surface area contributed by atoms with Crippen LogP contribution in [0.1, 0.15) is 17.5 Å². The van der Waals surface area contributed by atoms with Crippen molar-refractivity contribution >= 4 is 39.1 Å². The van der Waals surface area contributed by atoms with Gasteiger partial charge in [0.25, 0.3) is 15.9 Å². The van der Waals surface area contributed by atoms with E-state index in [0.29, 0.717) is 15.8 Å². The number of rotatable bonds is 7. The zero-order valence-corrected chi connectivity index (χ0v) is 25.9. The minimum Gasteiger partial charge on any atom is -0.497 e. The number of likely N-dealkylation sites (tertiary alicyclic amines) is 1. The molecule has 1 saturated heterocycles. The molecule has 0 aliphatic carbocycles. The number of aliphatic hydroxyl groups is 1. The van der Waals surface area contributed by atoms with Crippen LogP contribution in [0.3, 0.4) is 0 Å². The summed E-state index contributed by atoms with van der Waals surface area (Å²) in [6.45, 7) is -0.265. The number of fused-ring (bicyclic) bond motifs is 2. The molecule has 3 aliphatic rings. The van der Waals surface area contributed by atoms with Crippen LogP contribution in [0.5, 0.6) is 23.0 Å². The number of likely N-dealkylation sites (N-methyl/N-ethyl adjacent to an activating group) is 1. The van der Waals surface area contributed by atoms with Crippen LogP contribution in [0, 0.1) is 0 Å². The number of carbonyl (C=O) groups is 2. The third-order valence-corrected chi connectivity index (χ3v) is 10.1. The summed E-state index contributed by atoms with van der Waals surface area (Å²) in [5.41, 5.74) is -1.53. The Morgan fingerprint density at radius 3 is 2.55 bits per heavy atom. The van der Waals surface area contributed by atoms with E-state index >= 15 is 4.79 Å². The first-order chi connectivity index (χ1) is 21.0. The van der Waals surface area contributed by atoms with E-state index in [1.54, 1.807) is 37.2 Å². The number of nitrogens with zero attached hydrogens (tertiary/aromatic N) is 3. The fourth-order valence-electron chi connectivity index (χ4n) is 6.30. The molecule has 232 valence electrons. The van der Waals surface area contributed by atoms with Gasteiger partial charge in [0.15, 0.2) is 17.0 Å². The first kappa shape index (κ1) is 30.0. The van der Waals surface area contributed by atoms with Crippen molar-refractivity contribution in [1.82, 2.24) is 9.80 Å². The number of aliphatic hydroxyl groups excluding tert-OH is 1. The molecule has 1 unspecified atom stereocenters. The van der Waals surface area contributed by atoms with Gasteiger partial charge in [0.05, 0.1) is 32.1 Å². The average Bonchev–Trinajstić information content (AvgIpc) is 3.70. The van der Waals surface area contributed by atoms with Gasteiger partial charge in [-0.2, -0.15) is 0 Å². The van der Waals surface area contributed by atoms with Gasteiger partial charge in [-0.25, -0.2) is 12.7 Å². The maximum atomic E-state index is 15.3. The molecule has 14 heteroatoms. The molecule has 0 saturated carbocycles. The van der Waals surface area contributed by atoms with Gasteiger partial charge in [0.1, 0.15) is 16.4 Å². The smallest absolute Gasteiger partial charge is 0.274 e. The number of amides is 2. The second kappa shape index (κ2) is 10.8. The fraction of sp³-hybridized carbons (Fsp3) is 0.333. The van der Waals surface area contributed by atoms with E-state index < -0.39 is 33.6 Å². The van der Waals surface area contributed by atoms with Gasteiger partial charge in [0, 0.05) is 42.9 Å². The Morgan fingerprint density at radius 1 is 1.07 bits per heavy atom. The quantitative estimate of drug-likeness (QED) is 0.409. The van der Waals surface area contributed by atoms with Crippen LogP contribution in [0.15, 0.2) is 59.5 Å². The third kappa shape index (κ3) is 4.29. The number of ether oxygens (including phenoxy) is 4. The predicted octanol–water partition coefficient (Wildman–Crippen LogP) is 2.59. The van der Waals surface area contributed by atoms with E-state index in [4.69, 9.17) is 30.5 Å². The number of anilines is 1. The Labute approximate surface area is 259 Å². The van der Waals surface area contributed by atoms with E-state index in [2.05, 4.69) is 0 Å². The second-order valence-electron chi connectivity index (χ2n) is 10.8. The average molecular weight is 644 g/mol. The molecule has 2 amide bonds. The first-order valence-corrected chi connectivity index (χ1v) is 15.5. The summed E-state index contributed by atoms with van der Waals surface area (Å²) in [6, 6.07) is 12.5. The Balaban J connectivity index is 1.68. The van der Waals surface area contributed by atoms with Crippen LogP contribution < -0.4 is 23.3 Å². The summed E-state index contributed by atoms with van der Waals surface area (Å²) < 4.78 is 52.0. The molecule has 1 N–H and O–H groups in total. The standard InChI is InChI=1S/C30H30ClN3O9S/c1-32(2)28(36)23-13-18(35)15-33(23)30(20-6-5-7-24-27(20)43-16-42-24)21-12-17(31)8-10-22(21)34(29(30)37)44(38,39)26-11-9-19(40-3)14-25(26)41-4/h5-12,14,18,23,35H,13,15-16H2,1-4H3/t18-,23+,30?/m1/s1. The number of β-amino-alcohol motifs (C(OH)–C–C–N with tert-alkyl or cyclic N) is 1. The molecule has 3 aromatic rings. The molecule has 0 aromatic heterocycles. The number of halogens is 1. The highest BCUT2D eigenvalue weighted by molar-refractivity contribution is 7.93. The lowest BCUT2D eigenvalue weighted by molar-refractivity contribution is -0.138. The minimum atomic E-state index is -4.67. The number of benzene rings is 3. The second-order valence-corrected chi connectivity index (χ2v) is 13.0. The summed E-state index contributed by atoms with van der Waals surface area (Å²) in [6.07, 6.45) is -0.995. The van der Waals surface area contributed by atoms with Crippen LogP contribution in [-0.4, -0.2) is 88.9 Å². The molecule has 6 rings (SSSR count). The maximum Gasteiger partial charge on any atom is 0.274 e. The molecule has 12 nitrogen and oxygen atoms in total. The Morgan fingerprint density at radius 2 is 1.84 bits per heavy atom. The van der Waals surface area contributed by atoms with Crippen molar-refractivity contribution in [1.29, 1.82) is 0 Å². The molecule has 3 aromatic carbocycles. The zero-order valence-electron chi connectivity index (χ0n) is 24.3. The largest absolute Gasteiger partial charge is 0.497 e. The number of hydrogen-bond donors (Lipinski definition) is 1. The van der Waals surface area contributed by atoms with Crippen molar-refractivity contribution in [2.24, 2.45) is 0 Å². The monoisotopic (exact) mass is 643 g/mol. The lowest BCUT2D eigenvalue weighted by atomic mass is 9.80. The minimum absolute atomic E-state index is 0.00732. The summed E-state index contributed by atoms with van der Waals surface area (Å²) in [5.74, 6) is -0.428. The van der Waals surface area contributed by atoms with E-state index in [1.807, 2.05) is 0 Å². The Bertz CT molecular complexity index is 1780. The van der Waals surface area contributed by atoms with Crippen molar-refractivity contribution < 1.29 is 42.1 Å². The van der Waals surface area contributed by atoms with Crippen molar-refractivity contribution in [2.45, 2.75) is 29.0 Å². The highest BCUT2D eigenvalue weighted by Crippen LogP contribution is 2.57. The van der Waals surface area contributed by atoms with Gasteiger partial charge >= 0.3 is 0 Å². The van der Waals surface area contributed by atoms with E-state index in [-0.39, 0.29) is 63.9 Å². The Kier molecular flexibility index (Phi) is 7.39. The number of hydrogen-bond acceptors (Lipinski definition) is 10. The van der Waals surface area contributed by atoms with Crippen molar-refractivity contribution in [3.8, 4) is 23.0 Å². The molecule has 3 heterocycles. The van der Waals surface area contributed by atoms with Crippen molar-refractivity contribution in [3.63, 3.8) is 0 Å². The SMILES string of the molecule is COc1ccc(S(=O)(=O)N2C(=O)C(c3cccc4c3OCO4)(N3C[C@H](O)C[C@H]3C(=O)N(C)C)c3cc(Cl)ccc32)c(OC)c1. The van der Waals surface area contributed by atoms with Crippen LogP contribution >= 0.6 is 11.6 Å². The molecule has 3 atom stereocenters. The fourth-order valence-corrected chi connectivity index (χ4v) is 8.07. The van der Waals surface area contributed by atoms with Gasteiger partial charge in [-0.1, -0.05) is 23.7 Å². The van der Waals surface area contributed by atoms with E-state index in [0.717, 1.165) is 0 Å². The molecule has 0 spiro atoms. The van der Waals surface area contributed by atoms with Gasteiger partial charge in [-0.3, -0.25) is 14.5 Å². The molecule has 0 bridgehead atoms. The van der Waals surface area contributed by atoms with Gasteiger partial charge in [-0.05, 0) is 42.8 Å². The lowest BCUT2D eigenvalue weighted by Crippen LogP contribution is -2.59. The van der Waals surface area contributed by atoms with Crippen molar-refractivity contribution in [3.05, 3.63) is 70.7 Å². The number of para-hydroxylation sites is 1. The van der Waals surface area contributed by atoms with Crippen LogP contribution in [0.2, 0.25) is 5.02 Å². The summed E-state index contributed by atoms with van der Waals surface area (Å²) >= 11 is 6.54. The molecule has 3 aliphatic heterocycles. The highest BCUT2D eigenvalue weighted by atomic mass is 35.5. The maximum absolute atomic E-state index is 15.3. The molecular formula is C30H30ClN3O9S. The first-order valence-electron chi connectivity index (χ1n) is 13.6. The Hall–Kier alpha value is -4.04. The highest BCUT2D eigenvalue weighted by Gasteiger charge is 2.64. The number of sulfonamides is 1. The van der Waals surface area contributed by atoms with Gasteiger partial charge in [-0.15, -0.1) is 0 Å². The van der Waals surface area contributed by atoms with E-state index in [9.17, 15) is 18.3 Å². The number of methoxy groups -OCH3 is 2. The van der Waals surface area contributed by atoms with E-state index in [1.165, 1.54) is 55.5 Å². The summed E-state index contributed by atoms with van der Waals surface area (Å²) in [4.78, 5) is 31.5. The molecule has 0 radical (unpaired) electrons. The van der Waals surface area contributed by atoms with Crippen LogP contribution in [0.25, 0.3) is 0 Å². The molecular weight excluding hydrogens is 614 g/mol. The molecule has 44 heavy (non-hydrogen) atoms. The van der Waals surface area contributed by atoms with Gasteiger partial charge in [0.2, 0.25) is 12.7 Å². The topological polar surface area (TPSA) is 135 Å². The van der Waals surface area contributed by atoms with Crippen LogP contribution in [-0.2, 0) is 25.2 Å². The predicted molar refractivity (Wildman–Crippen MR) is 159 cm³/mol. The van der Waals surface area contributed by atoms with Gasteiger partial charge < -0.3 is 29.0 Å². The third-order valence-electron chi connectivity index (χ3n) is 8.17. The van der Waals surface area contributed by atoms with Crippen LogP contribution in [0.4, 0.5) is 5.69 Å². The number of carbonyl (C=O) groups excluding carboxylic acids is 2. The summed E-state index contributed by atoms with van der Waals surface area (Å²) in [5, 5.41) is 11.2. The summed E-state index contributed by atoms with van der Waals surface area (Å²) in [7, 11) is 1.22. The van der Waals surface area contributed by atoms with Crippen molar-refractivity contribution in [2.75, 3.05) is 46.0 Å². The lowest BCUT2D eigenvalue weighted by Gasteiger charge is -2.41. The molecule has 1 fully saturated rings.